The number of carbonyl (C=O) groups excluding carboxylic acids is 1. The third kappa shape index (κ3) is 2.70. The number of ketones is 1. The van der Waals surface area contributed by atoms with Crippen molar-refractivity contribution in [3.8, 4) is 0 Å². The smallest absolute Gasteiger partial charge is 0.138 e. The van der Waals surface area contributed by atoms with Crippen molar-refractivity contribution >= 4 is 5.78 Å². The van der Waals surface area contributed by atoms with Crippen molar-refractivity contribution in [2.45, 2.75) is 71.2 Å². The molecule has 3 aliphatic rings. The standard InChI is InChI=1S/C18H28O3/c1-10(2)12-7-8-13(19)17-15-9-11(3)5-4-6-14(20)18(21-15)16(12)17/h5,10,12,14-18,20H,4,6-9H2,1-3H3/b11-5+/t12-,14+,15-,16-,17-,18+/m1/s1. The van der Waals surface area contributed by atoms with Gasteiger partial charge in [0, 0.05) is 18.3 Å². The van der Waals surface area contributed by atoms with Crippen LogP contribution in [-0.4, -0.2) is 29.2 Å². The molecular weight excluding hydrogens is 264 g/mol. The number of fused-ring (bicyclic) bond motifs is 5. The molecule has 6 atom stereocenters. The molecular formula is C18H28O3. The summed E-state index contributed by atoms with van der Waals surface area (Å²) in [6.07, 6.45) is 5.78. The number of allylic oxidation sites excluding steroid dienone is 1. The Morgan fingerprint density at radius 1 is 1.33 bits per heavy atom. The molecule has 3 heteroatoms. The van der Waals surface area contributed by atoms with E-state index in [1.54, 1.807) is 0 Å². The molecule has 21 heavy (non-hydrogen) atoms. The Kier molecular flexibility index (Phi) is 4.24. The number of carbonyl (C=O) groups is 1. The van der Waals surface area contributed by atoms with E-state index in [1.165, 1.54) is 5.57 Å². The van der Waals surface area contributed by atoms with Crippen molar-refractivity contribution in [1.82, 2.24) is 0 Å². The van der Waals surface area contributed by atoms with Crippen LogP contribution in [0.25, 0.3) is 0 Å². The highest BCUT2D eigenvalue weighted by Crippen LogP contribution is 2.49. The van der Waals surface area contributed by atoms with E-state index in [2.05, 4.69) is 26.8 Å². The number of hydrogen-bond acceptors (Lipinski definition) is 3. The maximum Gasteiger partial charge on any atom is 0.138 e. The van der Waals surface area contributed by atoms with E-state index < -0.39 is 6.10 Å². The van der Waals surface area contributed by atoms with Crippen molar-refractivity contribution in [3.05, 3.63) is 11.6 Å². The minimum atomic E-state index is -0.434. The minimum absolute atomic E-state index is 0.00671. The van der Waals surface area contributed by atoms with Gasteiger partial charge in [0.25, 0.3) is 0 Å². The second-order valence-electron chi connectivity index (χ2n) is 7.55. The summed E-state index contributed by atoms with van der Waals surface area (Å²) in [5.74, 6) is 1.64. The zero-order valence-corrected chi connectivity index (χ0v) is 13.4. The Morgan fingerprint density at radius 2 is 2.10 bits per heavy atom. The number of aliphatic hydroxyl groups is 1. The molecule has 0 unspecified atom stereocenters. The zero-order chi connectivity index (χ0) is 15.1. The van der Waals surface area contributed by atoms with Crippen LogP contribution in [0.1, 0.15) is 52.9 Å². The third-order valence-corrected chi connectivity index (χ3v) is 5.83. The van der Waals surface area contributed by atoms with Crippen molar-refractivity contribution in [2.75, 3.05) is 0 Å². The topological polar surface area (TPSA) is 46.5 Å². The zero-order valence-electron chi connectivity index (χ0n) is 13.4. The van der Waals surface area contributed by atoms with Crippen LogP contribution in [-0.2, 0) is 9.53 Å². The van der Waals surface area contributed by atoms with Crippen LogP contribution in [0.15, 0.2) is 11.6 Å². The summed E-state index contributed by atoms with van der Waals surface area (Å²) in [6.45, 7) is 6.60. The van der Waals surface area contributed by atoms with Crippen LogP contribution >= 0.6 is 0 Å². The van der Waals surface area contributed by atoms with E-state index >= 15 is 0 Å². The van der Waals surface area contributed by atoms with Crippen molar-refractivity contribution in [1.29, 1.82) is 0 Å². The molecule has 0 spiro atoms. The van der Waals surface area contributed by atoms with Gasteiger partial charge in [0.1, 0.15) is 5.78 Å². The van der Waals surface area contributed by atoms with Gasteiger partial charge in [0.15, 0.2) is 0 Å². The Balaban J connectivity index is 1.96. The lowest BCUT2D eigenvalue weighted by molar-refractivity contribution is -0.129. The van der Waals surface area contributed by atoms with Crippen molar-refractivity contribution in [2.24, 2.45) is 23.7 Å². The van der Waals surface area contributed by atoms with E-state index in [0.717, 1.165) is 25.7 Å². The molecule has 2 heterocycles. The molecule has 2 fully saturated rings. The van der Waals surface area contributed by atoms with Gasteiger partial charge >= 0.3 is 0 Å². The molecule has 2 bridgehead atoms. The predicted molar refractivity (Wildman–Crippen MR) is 81.8 cm³/mol. The number of Topliss-reactive ketones (excluding diaryl/α,β-unsaturated/α-hetero) is 1. The normalized spacial score (nSPS) is 46.3. The lowest BCUT2D eigenvalue weighted by Crippen LogP contribution is -2.44. The quantitative estimate of drug-likeness (QED) is 0.755. The van der Waals surface area contributed by atoms with Gasteiger partial charge in [0.05, 0.1) is 18.3 Å². The molecule has 1 N–H and O–H groups in total. The molecule has 0 aromatic heterocycles. The van der Waals surface area contributed by atoms with Gasteiger partial charge < -0.3 is 9.84 Å². The van der Waals surface area contributed by atoms with Crippen LogP contribution in [0.5, 0.6) is 0 Å². The molecule has 118 valence electrons. The molecule has 0 amide bonds. The lowest BCUT2D eigenvalue weighted by atomic mass is 9.63. The third-order valence-electron chi connectivity index (χ3n) is 5.83. The minimum Gasteiger partial charge on any atom is -0.390 e. The highest BCUT2D eigenvalue weighted by Gasteiger charge is 2.55. The first-order chi connectivity index (χ1) is 9.99. The number of aliphatic hydroxyl groups excluding tert-OH is 1. The molecule has 0 aromatic carbocycles. The van der Waals surface area contributed by atoms with Gasteiger partial charge in [-0.2, -0.15) is 0 Å². The molecule has 0 aromatic rings. The number of ether oxygens (including phenoxy) is 1. The van der Waals surface area contributed by atoms with E-state index in [4.69, 9.17) is 4.74 Å². The average molecular weight is 292 g/mol. The molecule has 0 radical (unpaired) electrons. The Bertz CT molecular complexity index is 440. The number of rotatable bonds is 1. The van der Waals surface area contributed by atoms with E-state index in [1.807, 2.05) is 0 Å². The van der Waals surface area contributed by atoms with E-state index in [9.17, 15) is 9.90 Å². The van der Waals surface area contributed by atoms with Crippen LogP contribution in [0, 0.1) is 23.7 Å². The van der Waals surface area contributed by atoms with Crippen LogP contribution < -0.4 is 0 Å². The van der Waals surface area contributed by atoms with Gasteiger partial charge in [0.2, 0.25) is 0 Å². The summed E-state index contributed by atoms with van der Waals surface area (Å²) < 4.78 is 6.25. The lowest BCUT2D eigenvalue weighted by Gasteiger charge is -2.39. The summed E-state index contributed by atoms with van der Waals surface area (Å²) in [6, 6.07) is 0. The Labute approximate surface area is 127 Å². The first kappa shape index (κ1) is 15.2. The van der Waals surface area contributed by atoms with Crippen molar-refractivity contribution < 1.29 is 14.6 Å². The first-order valence-electron chi connectivity index (χ1n) is 8.51. The molecule has 3 rings (SSSR count). The van der Waals surface area contributed by atoms with E-state index in [0.29, 0.717) is 24.0 Å². The molecule has 1 saturated carbocycles. The first-order valence-corrected chi connectivity index (χ1v) is 8.51. The highest BCUT2D eigenvalue weighted by atomic mass is 16.5. The molecule has 2 aliphatic heterocycles. The molecule has 1 aliphatic carbocycles. The maximum absolute atomic E-state index is 12.5. The van der Waals surface area contributed by atoms with Crippen LogP contribution in [0.4, 0.5) is 0 Å². The summed E-state index contributed by atoms with van der Waals surface area (Å²) >= 11 is 0. The number of hydrogen-bond donors (Lipinski definition) is 1. The highest BCUT2D eigenvalue weighted by molar-refractivity contribution is 5.83. The van der Waals surface area contributed by atoms with Gasteiger partial charge in [-0.25, -0.2) is 0 Å². The van der Waals surface area contributed by atoms with E-state index in [-0.39, 0.29) is 24.0 Å². The van der Waals surface area contributed by atoms with Crippen molar-refractivity contribution in [3.63, 3.8) is 0 Å². The average Bonchev–Trinajstić information content (AvgIpc) is 2.80. The van der Waals surface area contributed by atoms with Crippen LogP contribution in [0.3, 0.4) is 0 Å². The maximum atomic E-state index is 12.5. The fourth-order valence-electron chi connectivity index (χ4n) is 4.79. The second kappa shape index (κ2) is 5.85. The summed E-state index contributed by atoms with van der Waals surface area (Å²) in [5, 5.41) is 10.6. The second-order valence-corrected chi connectivity index (χ2v) is 7.55. The molecule has 3 nitrogen and oxygen atoms in total. The van der Waals surface area contributed by atoms with Crippen LogP contribution in [0.2, 0.25) is 0 Å². The fourth-order valence-corrected chi connectivity index (χ4v) is 4.79. The predicted octanol–water partition coefficient (Wildman–Crippen LogP) is 3.11. The largest absolute Gasteiger partial charge is 0.390 e. The monoisotopic (exact) mass is 292 g/mol. The van der Waals surface area contributed by atoms with Gasteiger partial charge in [-0.05, 0) is 44.4 Å². The Morgan fingerprint density at radius 3 is 2.81 bits per heavy atom. The molecule has 1 saturated heterocycles. The van der Waals surface area contributed by atoms with Gasteiger partial charge in [-0.15, -0.1) is 0 Å². The summed E-state index contributed by atoms with van der Waals surface area (Å²) in [4.78, 5) is 12.5. The SMILES string of the molecule is C/C1=C\CC[C@H](O)[C@@H]2O[C@H](C1)[C@H]1C(=O)CC[C@H](C(C)C)[C@@H]21. The fraction of sp³-hybridized carbons (Fsp3) is 0.833. The summed E-state index contributed by atoms with van der Waals surface area (Å²) in [7, 11) is 0. The Hall–Kier alpha value is -0.670. The van der Waals surface area contributed by atoms with Gasteiger partial charge in [-0.1, -0.05) is 25.5 Å². The van der Waals surface area contributed by atoms with Gasteiger partial charge in [-0.3, -0.25) is 4.79 Å². The summed E-state index contributed by atoms with van der Waals surface area (Å²) in [5.41, 5.74) is 1.30.